The molecule has 19 heavy (non-hydrogen) atoms. The Bertz CT molecular complexity index is 443. The van der Waals surface area contributed by atoms with Gasteiger partial charge in [-0.1, -0.05) is 55.4 Å². The molecule has 1 aromatic carbocycles. The summed E-state index contributed by atoms with van der Waals surface area (Å²) in [7, 11) is 0. The zero-order valence-electron chi connectivity index (χ0n) is 11.5. The number of rotatable bonds is 3. The fraction of sp³-hybridized carbons (Fsp3) is 0.562. The molecule has 102 valence electrons. The van der Waals surface area contributed by atoms with Crippen LogP contribution in [0.2, 0.25) is 0 Å². The molecule has 2 fully saturated rings. The summed E-state index contributed by atoms with van der Waals surface area (Å²) in [6.45, 7) is 3.38. The topological polar surface area (TPSA) is 24.4 Å². The largest absolute Gasteiger partial charge is 0.357 e. The average molecular weight is 274 g/mol. The maximum atomic E-state index is 4.78. The lowest BCUT2D eigenvalue weighted by atomic mass is 10.1. The molecule has 1 aliphatic heterocycles. The van der Waals surface area contributed by atoms with Gasteiger partial charge in [0, 0.05) is 12.3 Å². The number of aliphatic imine (C=N–C) groups is 1. The van der Waals surface area contributed by atoms with Crippen LogP contribution in [0.15, 0.2) is 35.3 Å². The molecule has 0 aromatic heterocycles. The molecule has 0 radical (unpaired) electrons. The van der Waals surface area contributed by atoms with E-state index in [1.54, 1.807) is 0 Å². The van der Waals surface area contributed by atoms with Gasteiger partial charge in [0.2, 0.25) is 0 Å². The van der Waals surface area contributed by atoms with Gasteiger partial charge in [-0.2, -0.15) is 0 Å². The van der Waals surface area contributed by atoms with Gasteiger partial charge >= 0.3 is 0 Å². The van der Waals surface area contributed by atoms with E-state index in [2.05, 4.69) is 42.6 Å². The molecule has 0 amide bonds. The van der Waals surface area contributed by atoms with Crippen LogP contribution in [0.5, 0.6) is 0 Å². The Balaban J connectivity index is 1.54. The van der Waals surface area contributed by atoms with Crippen molar-refractivity contribution in [2.45, 2.75) is 32.2 Å². The Morgan fingerprint density at radius 1 is 1.26 bits per heavy atom. The van der Waals surface area contributed by atoms with Crippen molar-refractivity contribution in [1.29, 1.82) is 0 Å². The third-order valence-electron chi connectivity index (χ3n) is 4.18. The molecule has 1 aromatic rings. The van der Waals surface area contributed by atoms with Crippen molar-refractivity contribution in [3.63, 3.8) is 0 Å². The molecule has 2 aliphatic rings. The highest BCUT2D eigenvalue weighted by molar-refractivity contribution is 8.14. The summed E-state index contributed by atoms with van der Waals surface area (Å²) in [4.78, 5) is 4.78. The van der Waals surface area contributed by atoms with Crippen molar-refractivity contribution < 1.29 is 0 Å². The summed E-state index contributed by atoms with van der Waals surface area (Å²) in [5.41, 5.74) is 1.37. The van der Waals surface area contributed by atoms with Gasteiger partial charge in [0.25, 0.3) is 0 Å². The summed E-state index contributed by atoms with van der Waals surface area (Å²) >= 11 is 1.87. The molecule has 2 nitrogen and oxygen atoms in total. The molecule has 3 heteroatoms. The van der Waals surface area contributed by atoms with Gasteiger partial charge in [-0.05, 0) is 30.2 Å². The van der Waals surface area contributed by atoms with Crippen molar-refractivity contribution >= 4 is 16.9 Å². The van der Waals surface area contributed by atoms with E-state index in [1.165, 1.54) is 24.8 Å². The molecule has 1 aliphatic carbocycles. The number of hydrogen-bond acceptors (Lipinski definition) is 2. The van der Waals surface area contributed by atoms with Crippen molar-refractivity contribution in [3.05, 3.63) is 35.9 Å². The number of nitrogens with one attached hydrogen (secondary N) is 1. The Kier molecular flexibility index (Phi) is 4.12. The highest BCUT2D eigenvalue weighted by Gasteiger charge is 2.24. The van der Waals surface area contributed by atoms with E-state index >= 15 is 0 Å². The highest BCUT2D eigenvalue weighted by atomic mass is 32.2. The van der Waals surface area contributed by atoms with Crippen LogP contribution >= 0.6 is 11.8 Å². The van der Waals surface area contributed by atoms with Crippen molar-refractivity contribution in [1.82, 2.24) is 5.32 Å². The molecule has 3 atom stereocenters. The molecular formula is C16H22N2S. The summed E-state index contributed by atoms with van der Waals surface area (Å²) in [6, 6.07) is 11.1. The van der Waals surface area contributed by atoms with E-state index in [-0.39, 0.29) is 0 Å². The first-order valence-electron chi connectivity index (χ1n) is 7.30. The van der Waals surface area contributed by atoms with Crippen LogP contribution in [0, 0.1) is 11.8 Å². The van der Waals surface area contributed by atoms with E-state index in [4.69, 9.17) is 4.99 Å². The van der Waals surface area contributed by atoms with Crippen LogP contribution in [-0.2, 0) is 0 Å². The molecule has 1 saturated heterocycles. The molecule has 0 bridgehead atoms. The number of thioether (sulfide) groups is 1. The Morgan fingerprint density at radius 3 is 2.84 bits per heavy atom. The molecule has 1 N–H and O–H groups in total. The number of amidine groups is 1. The maximum Gasteiger partial charge on any atom is 0.157 e. The van der Waals surface area contributed by atoms with E-state index in [1.807, 2.05) is 11.8 Å². The fourth-order valence-corrected chi connectivity index (χ4v) is 4.05. The van der Waals surface area contributed by atoms with Gasteiger partial charge in [-0.25, -0.2) is 0 Å². The molecule has 1 saturated carbocycles. The van der Waals surface area contributed by atoms with Crippen LogP contribution < -0.4 is 5.32 Å². The lowest BCUT2D eigenvalue weighted by Gasteiger charge is -2.10. The van der Waals surface area contributed by atoms with Crippen molar-refractivity contribution in [2.75, 3.05) is 12.3 Å². The highest BCUT2D eigenvalue weighted by Crippen LogP contribution is 2.31. The van der Waals surface area contributed by atoms with Gasteiger partial charge in [-0.3, -0.25) is 4.99 Å². The zero-order valence-corrected chi connectivity index (χ0v) is 12.3. The number of hydrogen-bond donors (Lipinski definition) is 1. The van der Waals surface area contributed by atoms with Crippen LogP contribution in [-0.4, -0.2) is 17.5 Å². The quantitative estimate of drug-likeness (QED) is 0.905. The number of benzene rings is 1. The first-order chi connectivity index (χ1) is 9.31. The van der Waals surface area contributed by atoms with Gasteiger partial charge in [0.1, 0.15) is 0 Å². The van der Waals surface area contributed by atoms with E-state index in [0.717, 1.165) is 29.3 Å². The zero-order chi connectivity index (χ0) is 13.1. The maximum absolute atomic E-state index is 4.78. The predicted molar refractivity (Wildman–Crippen MR) is 83.6 cm³/mol. The summed E-state index contributed by atoms with van der Waals surface area (Å²) in [5, 5.41) is 4.70. The Labute approximate surface area is 120 Å². The first-order valence-corrected chi connectivity index (χ1v) is 8.28. The molecule has 1 heterocycles. The lowest BCUT2D eigenvalue weighted by Crippen LogP contribution is -2.20. The second-order valence-corrected chi connectivity index (χ2v) is 6.86. The molecule has 3 rings (SSSR count). The molecule has 0 spiro atoms. The summed E-state index contributed by atoms with van der Waals surface area (Å²) < 4.78 is 0. The van der Waals surface area contributed by atoms with Gasteiger partial charge in [0.15, 0.2) is 5.17 Å². The standard InChI is InChI=1S/C16H22N2S/c1-12-7-8-13(9-12)10-17-16-18-15(11-19-16)14-5-3-2-4-6-14/h2-6,12-13,15H,7-11H2,1H3,(H,17,18). The smallest absolute Gasteiger partial charge is 0.157 e. The van der Waals surface area contributed by atoms with Crippen molar-refractivity contribution in [2.24, 2.45) is 16.8 Å². The van der Waals surface area contributed by atoms with Gasteiger partial charge < -0.3 is 5.32 Å². The number of nitrogens with zero attached hydrogens (tertiary/aromatic N) is 1. The second kappa shape index (κ2) is 6.00. The summed E-state index contributed by atoms with van der Waals surface area (Å²) in [6.07, 6.45) is 4.12. The van der Waals surface area contributed by atoms with Crippen LogP contribution in [0.3, 0.4) is 0 Å². The normalized spacial score (nSPS) is 32.7. The molecular weight excluding hydrogens is 252 g/mol. The average Bonchev–Trinajstić information content (AvgIpc) is 3.06. The minimum atomic E-state index is 0.437. The van der Waals surface area contributed by atoms with Gasteiger partial charge in [0.05, 0.1) is 6.04 Å². The van der Waals surface area contributed by atoms with Crippen molar-refractivity contribution in [3.8, 4) is 0 Å². The second-order valence-electron chi connectivity index (χ2n) is 5.85. The third-order valence-corrected chi connectivity index (χ3v) is 5.20. The summed E-state index contributed by atoms with van der Waals surface area (Å²) in [5.74, 6) is 2.83. The first kappa shape index (κ1) is 13.0. The predicted octanol–water partition coefficient (Wildman–Crippen LogP) is 3.86. The van der Waals surface area contributed by atoms with E-state index in [9.17, 15) is 0 Å². The molecule has 3 unspecified atom stereocenters. The Morgan fingerprint density at radius 2 is 2.11 bits per heavy atom. The minimum Gasteiger partial charge on any atom is -0.357 e. The van der Waals surface area contributed by atoms with E-state index < -0.39 is 0 Å². The van der Waals surface area contributed by atoms with Crippen LogP contribution in [0.25, 0.3) is 0 Å². The SMILES string of the molecule is CC1CCC(CN=C2NC(c3ccccc3)CS2)C1. The monoisotopic (exact) mass is 274 g/mol. The third kappa shape index (κ3) is 3.33. The minimum absolute atomic E-state index is 0.437. The van der Waals surface area contributed by atoms with E-state index in [0.29, 0.717) is 6.04 Å². The van der Waals surface area contributed by atoms with Crippen LogP contribution in [0.4, 0.5) is 0 Å². The Hall–Kier alpha value is -0.960. The fourth-order valence-electron chi connectivity index (χ4n) is 3.05. The van der Waals surface area contributed by atoms with Gasteiger partial charge in [-0.15, -0.1) is 0 Å². The van der Waals surface area contributed by atoms with Crippen LogP contribution in [0.1, 0.15) is 37.8 Å². The lowest BCUT2D eigenvalue weighted by molar-refractivity contribution is 0.526.